The first-order chi connectivity index (χ1) is 10.3. The number of piperidine rings is 1. The van der Waals surface area contributed by atoms with Gasteiger partial charge in [-0.25, -0.2) is 4.98 Å². The van der Waals surface area contributed by atoms with Crippen molar-refractivity contribution in [2.45, 2.75) is 25.1 Å². The van der Waals surface area contributed by atoms with Crippen molar-refractivity contribution in [1.82, 2.24) is 20.2 Å². The average Bonchev–Trinajstić information content (AvgIpc) is 2.76. The molecule has 9 heteroatoms. The molecule has 2 bridgehead atoms. The Morgan fingerprint density at radius 2 is 2.14 bits per heavy atom. The minimum Gasteiger partial charge on any atom is -0.345 e. The summed E-state index contributed by atoms with van der Waals surface area (Å²) in [6, 6.07) is -0.109. The third-order valence-electron chi connectivity index (χ3n) is 4.05. The van der Waals surface area contributed by atoms with Crippen LogP contribution in [-0.4, -0.2) is 46.5 Å². The Hall–Kier alpha value is -1.77. The Morgan fingerprint density at radius 3 is 2.77 bits per heavy atom. The van der Waals surface area contributed by atoms with E-state index >= 15 is 0 Å². The van der Waals surface area contributed by atoms with Crippen LogP contribution in [0.5, 0.6) is 0 Å². The number of halogens is 4. The molecule has 5 nitrogen and oxygen atoms in total. The van der Waals surface area contributed by atoms with Gasteiger partial charge in [-0.1, -0.05) is 0 Å². The van der Waals surface area contributed by atoms with Crippen LogP contribution in [0.4, 0.5) is 17.6 Å². The van der Waals surface area contributed by atoms with Crippen molar-refractivity contribution in [3.8, 4) is 0 Å². The molecule has 120 valence electrons. The molecule has 2 aliphatic heterocycles. The summed E-state index contributed by atoms with van der Waals surface area (Å²) in [7, 11) is 0. The summed E-state index contributed by atoms with van der Waals surface area (Å²) in [4.78, 5) is 20.5. The summed E-state index contributed by atoms with van der Waals surface area (Å²) in [5.41, 5.74) is -1.58. The highest BCUT2D eigenvalue weighted by atomic mass is 19.4. The van der Waals surface area contributed by atoms with E-state index in [4.69, 9.17) is 0 Å². The highest BCUT2D eigenvalue weighted by Crippen LogP contribution is 2.30. The van der Waals surface area contributed by atoms with Crippen LogP contribution >= 0.6 is 0 Å². The topological polar surface area (TPSA) is 58.1 Å². The Kier molecular flexibility index (Phi) is 3.75. The van der Waals surface area contributed by atoms with Gasteiger partial charge >= 0.3 is 6.18 Å². The number of nitrogens with zero attached hydrogens (tertiary/aromatic N) is 3. The lowest BCUT2D eigenvalue weighted by Crippen LogP contribution is -2.47. The maximum Gasteiger partial charge on any atom is 0.422 e. The third-order valence-corrected chi connectivity index (χ3v) is 4.05. The van der Waals surface area contributed by atoms with Crippen LogP contribution in [0.2, 0.25) is 0 Å². The molecular weight excluding hydrogens is 304 g/mol. The lowest BCUT2D eigenvalue weighted by atomic mass is 9.97. The maximum atomic E-state index is 13.4. The molecule has 0 radical (unpaired) electrons. The fourth-order valence-electron chi connectivity index (χ4n) is 3.07. The first-order valence-corrected chi connectivity index (χ1v) is 6.96. The molecule has 0 aromatic carbocycles. The molecule has 3 atom stereocenters. The van der Waals surface area contributed by atoms with E-state index in [0.29, 0.717) is 18.7 Å². The molecule has 1 amide bonds. The SMILES string of the molecule is O=C(N[C@@H]1C[C@H]2CCN(C2)C1)c1ncc(C(F)(F)F)c(F)n1. The summed E-state index contributed by atoms with van der Waals surface area (Å²) in [5.74, 6) is -2.55. The second-order valence-electron chi connectivity index (χ2n) is 5.72. The van der Waals surface area contributed by atoms with Crippen molar-refractivity contribution in [2.75, 3.05) is 19.6 Å². The van der Waals surface area contributed by atoms with Crippen molar-refractivity contribution >= 4 is 5.91 Å². The van der Waals surface area contributed by atoms with Gasteiger partial charge in [0.05, 0.1) is 0 Å². The lowest BCUT2D eigenvalue weighted by Gasteiger charge is -2.30. The Balaban J connectivity index is 1.69. The Labute approximate surface area is 123 Å². The summed E-state index contributed by atoms with van der Waals surface area (Å²) >= 11 is 0. The smallest absolute Gasteiger partial charge is 0.345 e. The molecule has 3 heterocycles. The van der Waals surface area contributed by atoms with E-state index in [-0.39, 0.29) is 6.04 Å². The van der Waals surface area contributed by atoms with E-state index in [2.05, 4.69) is 20.2 Å². The maximum absolute atomic E-state index is 13.4. The number of alkyl halides is 3. The van der Waals surface area contributed by atoms with E-state index in [1.807, 2.05) is 0 Å². The van der Waals surface area contributed by atoms with Gasteiger partial charge in [0.1, 0.15) is 5.56 Å². The van der Waals surface area contributed by atoms with Gasteiger partial charge in [0.25, 0.3) is 5.91 Å². The largest absolute Gasteiger partial charge is 0.422 e. The van der Waals surface area contributed by atoms with E-state index in [0.717, 1.165) is 25.9 Å². The quantitative estimate of drug-likeness (QED) is 0.662. The second-order valence-corrected chi connectivity index (χ2v) is 5.72. The normalized spacial score (nSPS) is 27.7. The van der Waals surface area contributed by atoms with Crippen LogP contribution in [0.3, 0.4) is 0 Å². The van der Waals surface area contributed by atoms with E-state index in [1.165, 1.54) is 0 Å². The van der Waals surface area contributed by atoms with Gasteiger partial charge in [0, 0.05) is 25.3 Å². The Morgan fingerprint density at radius 1 is 1.36 bits per heavy atom. The second kappa shape index (κ2) is 5.45. The summed E-state index contributed by atoms with van der Waals surface area (Å²) in [6.45, 7) is 2.69. The average molecular weight is 318 g/mol. The van der Waals surface area contributed by atoms with Crippen molar-refractivity contribution in [3.05, 3.63) is 23.5 Å². The van der Waals surface area contributed by atoms with Gasteiger partial charge in [0.2, 0.25) is 11.8 Å². The van der Waals surface area contributed by atoms with Gasteiger partial charge in [-0.15, -0.1) is 0 Å². The fourth-order valence-corrected chi connectivity index (χ4v) is 3.07. The van der Waals surface area contributed by atoms with Crippen LogP contribution < -0.4 is 5.32 Å². The van der Waals surface area contributed by atoms with Gasteiger partial charge in [0.15, 0.2) is 0 Å². The monoisotopic (exact) mass is 318 g/mol. The van der Waals surface area contributed by atoms with E-state index in [9.17, 15) is 22.4 Å². The molecule has 0 aliphatic carbocycles. The highest BCUT2D eigenvalue weighted by Gasteiger charge is 2.37. The van der Waals surface area contributed by atoms with E-state index < -0.39 is 29.4 Å². The predicted molar refractivity (Wildman–Crippen MR) is 67.4 cm³/mol. The number of carbonyl (C=O) groups is 1. The van der Waals surface area contributed by atoms with Crippen LogP contribution in [0.25, 0.3) is 0 Å². The molecule has 2 saturated heterocycles. The zero-order chi connectivity index (χ0) is 15.9. The molecule has 0 spiro atoms. The number of nitrogens with one attached hydrogen (secondary N) is 1. The highest BCUT2D eigenvalue weighted by molar-refractivity contribution is 5.90. The molecule has 2 aliphatic rings. The molecule has 1 unspecified atom stereocenters. The third kappa shape index (κ3) is 3.03. The van der Waals surface area contributed by atoms with Gasteiger partial charge in [-0.3, -0.25) is 4.79 Å². The first kappa shape index (κ1) is 15.1. The zero-order valence-corrected chi connectivity index (χ0v) is 11.5. The number of rotatable bonds is 2. The van der Waals surface area contributed by atoms with Crippen molar-refractivity contribution < 1.29 is 22.4 Å². The number of amides is 1. The number of hydrogen-bond acceptors (Lipinski definition) is 4. The number of carbonyl (C=O) groups excluding carboxylic acids is 1. The molecule has 1 aromatic heterocycles. The van der Waals surface area contributed by atoms with Gasteiger partial charge in [-0.05, 0) is 25.3 Å². The zero-order valence-electron chi connectivity index (χ0n) is 11.5. The Bertz CT molecular complexity index is 580. The predicted octanol–water partition coefficient (Wildman–Crippen LogP) is 1.46. The number of hydrogen-bond donors (Lipinski definition) is 1. The van der Waals surface area contributed by atoms with Crippen molar-refractivity contribution in [2.24, 2.45) is 5.92 Å². The van der Waals surface area contributed by atoms with Crippen LogP contribution in [0, 0.1) is 11.9 Å². The lowest BCUT2D eigenvalue weighted by molar-refractivity contribution is -0.140. The minimum absolute atomic E-state index is 0.109. The molecule has 22 heavy (non-hydrogen) atoms. The summed E-state index contributed by atoms with van der Waals surface area (Å²) < 4.78 is 50.6. The van der Waals surface area contributed by atoms with Crippen LogP contribution in [-0.2, 0) is 6.18 Å². The van der Waals surface area contributed by atoms with Crippen molar-refractivity contribution in [3.63, 3.8) is 0 Å². The standard InChI is InChI=1S/C13H14F4N4O/c14-10-9(13(15,16)17)4-18-11(20-10)12(22)19-8-3-7-1-2-21(5-7)6-8/h4,7-8H,1-3,5-6H2,(H,19,22)/t7-,8-/m1/s1. The number of aromatic nitrogens is 2. The molecule has 1 N–H and O–H groups in total. The first-order valence-electron chi connectivity index (χ1n) is 6.96. The van der Waals surface area contributed by atoms with Crippen molar-refractivity contribution in [1.29, 1.82) is 0 Å². The minimum atomic E-state index is -4.88. The number of fused-ring (bicyclic) bond motifs is 2. The van der Waals surface area contributed by atoms with E-state index in [1.54, 1.807) is 0 Å². The summed E-state index contributed by atoms with van der Waals surface area (Å²) in [5, 5.41) is 2.67. The molecular formula is C13H14F4N4O. The molecule has 2 fully saturated rings. The van der Waals surface area contributed by atoms with Crippen LogP contribution in [0.15, 0.2) is 6.20 Å². The van der Waals surface area contributed by atoms with Gasteiger partial charge in [-0.2, -0.15) is 22.5 Å². The van der Waals surface area contributed by atoms with Crippen LogP contribution in [0.1, 0.15) is 29.0 Å². The molecule has 0 saturated carbocycles. The summed E-state index contributed by atoms with van der Waals surface area (Å²) in [6.07, 6.45) is -2.69. The van der Waals surface area contributed by atoms with Gasteiger partial charge < -0.3 is 10.2 Å². The molecule has 1 aromatic rings. The molecule has 3 rings (SSSR count). The fraction of sp³-hybridized carbons (Fsp3) is 0.615.